The molecule has 0 spiro atoms. The van der Waals surface area contributed by atoms with Crippen LogP contribution in [0.1, 0.15) is 37.5 Å². The van der Waals surface area contributed by atoms with Gasteiger partial charge in [-0.3, -0.25) is 4.57 Å². The second-order valence-corrected chi connectivity index (χ2v) is 7.60. The first-order chi connectivity index (χ1) is 14.5. The van der Waals surface area contributed by atoms with Gasteiger partial charge >= 0.3 is 0 Å². The van der Waals surface area contributed by atoms with Crippen molar-refractivity contribution in [2.75, 3.05) is 0 Å². The zero-order chi connectivity index (χ0) is 21.1. The van der Waals surface area contributed by atoms with Crippen molar-refractivity contribution in [1.29, 1.82) is 5.41 Å². The van der Waals surface area contributed by atoms with Crippen molar-refractivity contribution in [2.45, 2.75) is 26.9 Å². The fourth-order valence-corrected chi connectivity index (χ4v) is 3.33. The SMILES string of the molecule is CC(=N)c1ccc(/C=C\c2ccc3c(c2)ncn3-c2ccc(OC(C)C)cc2)cc1. The first-order valence-electron chi connectivity index (χ1n) is 10.1. The van der Waals surface area contributed by atoms with Crippen molar-refractivity contribution in [3.63, 3.8) is 0 Å². The monoisotopic (exact) mass is 395 g/mol. The lowest BCUT2D eigenvalue weighted by molar-refractivity contribution is 0.242. The molecule has 0 atom stereocenters. The summed E-state index contributed by atoms with van der Waals surface area (Å²) in [5, 5.41) is 7.69. The minimum atomic E-state index is 0.162. The largest absolute Gasteiger partial charge is 0.491 e. The zero-order valence-corrected chi connectivity index (χ0v) is 17.5. The van der Waals surface area contributed by atoms with Crippen LogP contribution in [0, 0.1) is 5.41 Å². The van der Waals surface area contributed by atoms with E-state index in [0.717, 1.165) is 39.2 Å². The lowest BCUT2D eigenvalue weighted by Crippen LogP contribution is -2.05. The molecule has 4 aromatic rings. The van der Waals surface area contributed by atoms with Gasteiger partial charge in [0.15, 0.2) is 0 Å². The number of hydrogen-bond acceptors (Lipinski definition) is 3. The van der Waals surface area contributed by atoms with Crippen LogP contribution in [0.3, 0.4) is 0 Å². The first kappa shape index (κ1) is 19.6. The molecule has 4 heteroatoms. The van der Waals surface area contributed by atoms with Gasteiger partial charge < -0.3 is 10.1 Å². The predicted molar refractivity (Wildman–Crippen MR) is 125 cm³/mol. The van der Waals surface area contributed by atoms with Gasteiger partial charge in [-0.2, -0.15) is 0 Å². The molecule has 1 aromatic heterocycles. The van der Waals surface area contributed by atoms with E-state index in [2.05, 4.69) is 39.9 Å². The Bertz CT molecular complexity index is 1200. The van der Waals surface area contributed by atoms with Gasteiger partial charge in [-0.1, -0.05) is 42.5 Å². The van der Waals surface area contributed by atoms with Gasteiger partial charge in [-0.25, -0.2) is 4.98 Å². The lowest BCUT2D eigenvalue weighted by Gasteiger charge is -2.10. The topological polar surface area (TPSA) is 50.9 Å². The zero-order valence-electron chi connectivity index (χ0n) is 17.5. The summed E-state index contributed by atoms with van der Waals surface area (Å²) in [5.74, 6) is 0.870. The van der Waals surface area contributed by atoms with E-state index in [4.69, 9.17) is 10.1 Å². The standard InChI is InChI=1S/C26H25N3O/c1-18(2)30-24-13-11-23(12-14-24)29-17-28-25-16-21(8-15-26(25)29)5-4-20-6-9-22(10-7-20)19(3)27/h4-18,27H,1-3H3/b5-4-,27-19?. The molecule has 1 heterocycles. The highest BCUT2D eigenvalue weighted by Crippen LogP contribution is 2.23. The third-order valence-electron chi connectivity index (χ3n) is 4.87. The average Bonchev–Trinajstić information content (AvgIpc) is 3.16. The van der Waals surface area contributed by atoms with E-state index in [1.807, 2.05) is 68.7 Å². The van der Waals surface area contributed by atoms with Crippen LogP contribution in [0.5, 0.6) is 5.75 Å². The Hall–Kier alpha value is -3.66. The molecule has 0 fully saturated rings. The fraction of sp³-hybridized carbons (Fsp3) is 0.154. The molecule has 4 rings (SSSR count). The van der Waals surface area contributed by atoms with E-state index < -0.39 is 0 Å². The second-order valence-electron chi connectivity index (χ2n) is 7.60. The Labute approximate surface area is 177 Å². The molecule has 0 saturated heterocycles. The summed E-state index contributed by atoms with van der Waals surface area (Å²) >= 11 is 0. The predicted octanol–water partition coefficient (Wildman–Crippen LogP) is 6.37. The Morgan fingerprint density at radius 3 is 2.27 bits per heavy atom. The lowest BCUT2D eigenvalue weighted by atomic mass is 10.1. The summed E-state index contributed by atoms with van der Waals surface area (Å²) < 4.78 is 7.81. The van der Waals surface area contributed by atoms with Crippen LogP contribution >= 0.6 is 0 Å². The number of nitrogens with zero attached hydrogens (tertiary/aromatic N) is 2. The molecule has 4 nitrogen and oxygen atoms in total. The Kier molecular flexibility index (Phi) is 5.48. The van der Waals surface area contributed by atoms with E-state index >= 15 is 0 Å². The molecule has 0 saturated carbocycles. The molecule has 0 bridgehead atoms. The fourth-order valence-electron chi connectivity index (χ4n) is 3.33. The van der Waals surface area contributed by atoms with Crippen molar-refractivity contribution in [3.8, 4) is 11.4 Å². The molecule has 0 unspecified atom stereocenters. The third kappa shape index (κ3) is 4.33. The van der Waals surface area contributed by atoms with Crippen LogP contribution in [0.15, 0.2) is 73.1 Å². The number of benzene rings is 3. The van der Waals surface area contributed by atoms with Gasteiger partial charge in [0.2, 0.25) is 0 Å². The number of imidazole rings is 1. The van der Waals surface area contributed by atoms with E-state index in [-0.39, 0.29) is 6.10 Å². The molecule has 0 aliphatic heterocycles. The number of ether oxygens (including phenoxy) is 1. The maximum absolute atomic E-state index is 7.69. The number of fused-ring (bicyclic) bond motifs is 1. The van der Waals surface area contributed by atoms with Crippen LogP contribution in [0.2, 0.25) is 0 Å². The summed E-state index contributed by atoms with van der Waals surface area (Å²) in [6, 6.07) is 22.4. The Balaban J connectivity index is 1.55. The normalized spacial score (nSPS) is 11.5. The van der Waals surface area contributed by atoms with Crippen LogP contribution in [-0.4, -0.2) is 21.4 Å². The smallest absolute Gasteiger partial charge is 0.119 e. The summed E-state index contributed by atoms with van der Waals surface area (Å²) in [5.41, 5.74) is 6.80. The van der Waals surface area contributed by atoms with Crippen LogP contribution in [0.4, 0.5) is 0 Å². The number of nitrogens with one attached hydrogen (secondary N) is 1. The summed E-state index contributed by atoms with van der Waals surface area (Å²) in [6.07, 6.45) is 6.18. The molecule has 150 valence electrons. The molecule has 3 aromatic carbocycles. The van der Waals surface area contributed by atoms with Crippen LogP contribution in [0.25, 0.3) is 28.9 Å². The third-order valence-corrected chi connectivity index (χ3v) is 4.87. The molecular weight excluding hydrogens is 370 g/mol. The molecule has 30 heavy (non-hydrogen) atoms. The highest BCUT2D eigenvalue weighted by atomic mass is 16.5. The van der Waals surface area contributed by atoms with Crippen molar-refractivity contribution in [1.82, 2.24) is 9.55 Å². The number of aromatic nitrogens is 2. The van der Waals surface area contributed by atoms with Crippen molar-refractivity contribution >= 4 is 28.9 Å². The maximum Gasteiger partial charge on any atom is 0.119 e. The Morgan fingerprint density at radius 2 is 1.60 bits per heavy atom. The summed E-state index contributed by atoms with van der Waals surface area (Å²) in [4.78, 5) is 4.59. The van der Waals surface area contributed by atoms with Gasteiger partial charge in [0.1, 0.15) is 12.1 Å². The van der Waals surface area contributed by atoms with E-state index in [1.54, 1.807) is 6.92 Å². The number of rotatable bonds is 6. The minimum Gasteiger partial charge on any atom is -0.491 e. The Morgan fingerprint density at radius 1 is 0.933 bits per heavy atom. The quantitative estimate of drug-likeness (QED) is 0.304. The van der Waals surface area contributed by atoms with Gasteiger partial charge in [-0.15, -0.1) is 0 Å². The maximum atomic E-state index is 7.69. The highest BCUT2D eigenvalue weighted by molar-refractivity contribution is 5.96. The second kappa shape index (κ2) is 8.37. The summed E-state index contributed by atoms with van der Waals surface area (Å²) in [6.45, 7) is 5.85. The average molecular weight is 396 g/mol. The molecular formula is C26H25N3O. The first-order valence-corrected chi connectivity index (χ1v) is 10.1. The molecule has 0 radical (unpaired) electrons. The molecule has 1 N–H and O–H groups in total. The van der Waals surface area contributed by atoms with Crippen LogP contribution < -0.4 is 4.74 Å². The van der Waals surface area contributed by atoms with Gasteiger partial charge in [0.05, 0.1) is 17.1 Å². The van der Waals surface area contributed by atoms with Gasteiger partial charge in [0, 0.05) is 11.4 Å². The van der Waals surface area contributed by atoms with Crippen molar-refractivity contribution in [2.24, 2.45) is 0 Å². The van der Waals surface area contributed by atoms with E-state index in [9.17, 15) is 0 Å². The van der Waals surface area contributed by atoms with Crippen LogP contribution in [-0.2, 0) is 0 Å². The highest BCUT2D eigenvalue weighted by Gasteiger charge is 2.06. The summed E-state index contributed by atoms with van der Waals surface area (Å²) in [7, 11) is 0. The van der Waals surface area contributed by atoms with Gasteiger partial charge in [-0.05, 0) is 73.9 Å². The minimum absolute atomic E-state index is 0.162. The molecule has 0 aliphatic rings. The van der Waals surface area contributed by atoms with E-state index in [1.165, 1.54) is 0 Å². The van der Waals surface area contributed by atoms with Gasteiger partial charge in [0.25, 0.3) is 0 Å². The number of hydrogen-bond donors (Lipinski definition) is 1. The van der Waals surface area contributed by atoms with E-state index in [0.29, 0.717) is 5.71 Å². The van der Waals surface area contributed by atoms with Crippen molar-refractivity contribution in [3.05, 3.63) is 89.7 Å². The molecule has 0 aliphatic carbocycles. The van der Waals surface area contributed by atoms with Crippen molar-refractivity contribution < 1.29 is 4.74 Å². The molecule has 0 amide bonds.